The number of aromatic nitrogens is 1. The van der Waals surface area contributed by atoms with Crippen molar-refractivity contribution in [2.45, 2.75) is 31.9 Å². The van der Waals surface area contributed by atoms with Gasteiger partial charge in [-0.25, -0.2) is 0 Å². The molecule has 1 aliphatic rings. The van der Waals surface area contributed by atoms with Crippen LogP contribution in [0.5, 0.6) is 0 Å². The topological polar surface area (TPSA) is 47.3 Å². The summed E-state index contributed by atoms with van der Waals surface area (Å²) in [4.78, 5) is 0. The molecule has 1 aliphatic heterocycles. The summed E-state index contributed by atoms with van der Waals surface area (Å²) in [5, 5.41) is 7.05. The molecule has 0 saturated carbocycles. The van der Waals surface area contributed by atoms with E-state index >= 15 is 0 Å². The molecule has 2 heterocycles. The summed E-state index contributed by atoms with van der Waals surface area (Å²) >= 11 is 0. The van der Waals surface area contributed by atoms with Gasteiger partial charge in [-0.3, -0.25) is 0 Å². The Bertz CT molecular complexity index is 243. The van der Waals surface area contributed by atoms with Crippen LogP contribution in [0.15, 0.2) is 17.0 Å². The summed E-state index contributed by atoms with van der Waals surface area (Å²) in [5.41, 5.74) is 1.00. The Morgan fingerprint density at radius 1 is 1.57 bits per heavy atom. The van der Waals surface area contributed by atoms with Crippen LogP contribution < -0.4 is 5.32 Å². The van der Waals surface area contributed by atoms with E-state index in [-0.39, 0.29) is 0 Å². The molecule has 0 aliphatic carbocycles. The Balaban J connectivity index is 1.62. The first-order valence-corrected chi connectivity index (χ1v) is 5.14. The molecule has 4 nitrogen and oxygen atoms in total. The van der Waals surface area contributed by atoms with Crippen LogP contribution in [0.4, 0.5) is 0 Å². The van der Waals surface area contributed by atoms with Crippen molar-refractivity contribution >= 4 is 0 Å². The van der Waals surface area contributed by atoms with Gasteiger partial charge in [0.1, 0.15) is 6.26 Å². The lowest BCUT2D eigenvalue weighted by molar-refractivity contribution is 0.0908. The first-order valence-electron chi connectivity index (χ1n) is 5.14. The number of rotatable bonds is 4. The highest BCUT2D eigenvalue weighted by Gasteiger charge is 2.12. The summed E-state index contributed by atoms with van der Waals surface area (Å²) in [5.74, 6) is 0. The molecule has 1 aromatic heterocycles. The minimum absolute atomic E-state index is 0.531. The molecule has 2 rings (SSSR count). The number of hydrogen-bond acceptors (Lipinski definition) is 4. The van der Waals surface area contributed by atoms with Crippen LogP contribution in [0.3, 0.4) is 0 Å². The molecule has 1 N–H and O–H groups in total. The van der Waals surface area contributed by atoms with Crippen molar-refractivity contribution in [2.24, 2.45) is 0 Å². The smallest absolute Gasteiger partial charge is 0.129 e. The predicted octanol–water partition coefficient (Wildman–Crippen LogP) is 1.33. The maximum absolute atomic E-state index is 5.56. The Kier molecular flexibility index (Phi) is 3.54. The fraction of sp³-hybridized carbons (Fsp3) is 0.700. The first-order chi connectivity index (χ1) is 6.95. The van der Waals surface area contributed by atoms with Gasteiger partial charge < -0.3 is 14.6 Å². The van der Waals surface area contributed by atoms with Gasteiger partial charge in [0.15, 0.2) is 0 Å². The summed E-state index contributed by atoms with van der Waals surface area (Å²) in [6.45, 7) is 2.51. The molecule has 4 heteroatoms. The normalized spacial score (nSPS) is 22.4. The van der Waals surface area contributed by atoms with Crippen molar-refractivity contribution in [2.75, 3.05) is 13.2 Å². The molecule has 0 radical (unpaired) electrons. The van der Waals surface area contributed by atoms with Crippen molar-refractivity contribution in [3.63, 3.8) is 0 Å². The monoisotopic (exact) mass is 196 g/mol. The van der Waals surface area contributed by atoms with Crippen molar-refractivity contribution < 1.29 is 9.26 Å². The predicted molar refractivity (Wildman–Crippen MR) is 51.8 cm³/mol. The minimum Gasteiger partial charge on any atom is -0.375 e. The van der Waals surface area contributed by atoms with E-state index in [1.165, 1.54) is 19.3 Å². The molecule has 0 spiro atoms. The van der Waals surface area contributed by atoms with Crippen LogP contribution in [0.2, 0.25) is 0 Å². The lowest BCUT2D eigenvalue weighted by Gasteiger charge is -2.22. The van der Waals surface area contributed by atoms with E-state index in [0.717, 1.165) is 18.7 Å². The van der Waals surface area contributed by atoms with Crippen molar-refractivity contribution in [3.8, 4) is 0 Å². The molecular weight excluding hydrogens is 180 g/mol. The highest BCUT2D eigenvalue weighted by atomic mass is 16.5. The number of hydrogen-bond donors (Lipinski definition) is 1. The second kappa shape index (κ2) is 5.12. The van der Waals surface area contributed by atoms with E-state index < -0.39 is 0 Å². The second-order valence-corrected chi connectivity index (χ2v) is 3.69. The minimum atomic E-state index is 0.531. The van der Waals surface area contributed by atoms with Crippen molar-refractivity contribution in [3.05, 3.63) is 18.0 Å². The Hall–Kier alpha value is -0.870. The van der Waals surface area contributed by atoms with Crippen molar-refractivity contribution in [1.82, 2.24) is 10.5 Å². The molecule has 1 aromatic rings. The fourth-order valence-corrected chi connectivity index (χ4v) is 1.68. The Morgan fingerprint density at radius 2 is 2.57 bits per heavy atom. The van der Waals surface area contributed by atoms with Gasteiger partial charge >= 0.3 is 0 Å². The third-order valence-electron chi connectivity index (χ3n) is 2.48. The van der Waals surface area contributed by atoms with E-state index in [0.29, 0.717) is 12.6 Å². The summed E-state index contributed by atoms with van der Waals surface area (Å²) < 4.78 is 10.3. The number of ether oxygens (including phenoxy) is 1. The SMILES string of the molecule is c1nocc1COCC1CCCCN1. The molecule has 0 amide bonds. The van der Waals surface area contributed by atoms with E-state index in [4.69, 9.17) is 9.26 Å². The van der Waals surface area contributed by atoms with Crippen LogP contribution in [-0.2, 0) is 11.3 Å². The van der Waals surface area contributed by atoms with Crippen LogP contribution in [-0.4, -0.2) is 24.4 Å². The maximum Gasteiger partial charge on any atom is 0.129 e. The molecule has 0 aromatic carbocycles. The molecular formula is C10H16N2O2. The number of piperidine rings is 1. The third-order valence-corrected chi connectivity index (χ3v) is 2.48. The zero-order chi connectivity index (χ0) is 9.64. The molecule has 1 unspecified atom stereocenters. The van der Waals surface area contributed by atoms with Gasteiger partial charge in [0.2, 0.25) is 0 Å². The zero-order valence-electron chi connectivity index (χ0n) is 8.24. The lowest BCUT2D eigenvalue weighted by Crippen LogP contribution is -2.37. The number of nitrogens with one attached hydrogen (secondary N) is 1. The van der Waals surface area contributed by atoms with Gasteiger partial charge in [0.05, 0.1) is 19.4 Å². The fourth-order valence-electron chi connectivity index (χ4n) is 1.68. The molecule has 1 saturated heterocycles. The standard InChI is InChI=1S/C10H16N2O2/c1-2-4-11-10(3-1)8-13-6-9-5-12-14-7-9/h5,7,10-11H,1-4,6,8H2. The van der Waals surface area contributed by atoms with Crippen LogP contribution in [0, 0.1) is 0 Å². The Labute approximate surface area is 83.6 Å². The van der Waals surface area contributed by atoms with E-state index in [9.17, 15) is 0 Å². The van der Waals surface area contributed by atoms with Crippen LogP contribution in [0.1, 0.15) is 24.8 Å². The van der Waals surface area contributed by atoms with Crippen LogP contribution in [0.25, 0.3) is 0 Å². The van der Waals surface area contributed by atoms with E-state index in [1.807, 2.05) is 0 Å². The molecule has 78 valence electrons. The second-order valence-electron chi connectivity index (χ2n) is 3.69. The van der Waals surface area contributed by atoms with Gasteiger partial charge in [-0.1, -0.05) is 11.6 Å². The summed E-state index contributed by atoms with van der Waals surface area (Å²) in [6, 6.07) is 0.531. The van der Waals surface area contributed by atoms with Crippen LogP contribution >= 0.6 is 0 Å². The van der Waals surface area contributed by atoms with Gasteiger partial charge in [-0.15, -0.1) is 0 Å². The maximum atomic E-state index is 5.56. The quantitative estimate of drug-likeness (QED) is 0.789. The van der Waals surface area contributed by atoms with E-state index in [1.54, 1.807) is 12.5 Å². The molecule has 0 bridgehead atoms. The summed E-state index contributed by atoms with van der Waals surface area (Å²) in [7, 11) is 0. The largest absolute Gasteiger partial charge is 0.375 e. The molecule has 1 fully saturated rings. The van der Waals surface area contributed by atoms with Gasteiger partial charge in [-0.2, -0.15) is 0 Å². The van der Waals surface area contributed by atoms with Gasteiger partial charge in [0.25, 0.3) is 0 Å². The zero-order valence-corrected chi connectivity index (χ0v) is 8.24. The number of nitrogens with zero attached hydrogens (tertiary/aromatic N) is 1. The average Bonchev–Trinajstić information content (AvgIpc) is 2.72. The van der Waals surface area contributed by atoms with Gasteiger partial charge in [0, 0.05) is 11.6 Å². The lowest BCUT2D eigenvalue weighted by atomic mass is 10.1. The average molecular weight is 196 g/mol. The van der Waals surface area contributed by atoms with Crippen molar-refractivity contribution in [1.29, 1.82) is 0 Å². The third kappa shape index (κ3) is 2.82. The highest BCUT2D eigenvalue weighted by Crippen LogP contribution is 2.08. The van der Waals surface area contributed by atoms with Gasteiger partial charge in [-0.05, 0) is 19.4 Å². The highest BCUT2D eigenvalue weighted by molar-refractivity contribution is 4.97. The Morgan fingerprint density at radius 3 is 3.29 bits per heavy atom. The molecule has 1 atom stereocenters. The van der Waals surface area contributed by atoms with E-state index in [2.05, 4.69) is 10.5 Å². The first kappa shape index (κ1) is 9.68. The molecule has 14 heavy (non-hydrogen) atoms. The summed E-state index contributed by atoms with van der Waals surface area (Å²) in [6.07, 6.45) is 7.14.